The van der Waals surface area contributed by atoms with Crippen LogP contribution in [-0.2, 0) is 0 Å². The highest BCUT2D eigenvalue weighted by Crippen LogP contribution is 2.39. The minimum absolute atomic E-state index is 0.636. The summed E-state index contributed by atoms with van der Waals surface area (Å²) in [4.78, 5) is 0. The van der Waals surface area contributed by atoms with Crippen LogP contribution in [0.4, 0.5) is 0 Å². The minimum atomic E-state index is 0.636. The second-order valence-corrected chi connectivity index (χ2v) is 9.96. The molecule has 0 atom stereocenters. The van der Waals surface area contributed by atoms with Crippen molar-refractivity contribution in [3.63, 3.8) is 0 Å². The topological polar surface area (TPSA) is 18.1 Å². The molecule has 0 unspecified atom stereocenters. The van der Waals surface area contributed by atoms with Crippen LogP contribution in [0, 0.1) is 0 Å². The van der Waals surface area contributed by atoms with Crippen molar-refractivity contribution in [3.8, 4) is 16.8 Å². The maximum Gasteiger partial charge on any atom is 0.153 e. The van der Waals surface area contributed by atoms with Gasteiger partial charge in [0.2, 0.25) is 0 Å². The molecule has 0 spiro atoms. The number of benzene rings is 6. The molecule has 8 rings (SSSR count). The first kappa shape index (κ1) is 20.6. The van der Waals surface area contributed by atoms with Crippen LogP contribution in [-0.4, -0.2) is 4.57 Å². The van der Waals surface area contributed by atoms with Crippen LogP contribution in [0.2, 0.25) is 5.02 Å². The molecular formula is C34H20ClNO. The number of nitrogens with zero attached hydrogens (tertiary/aromatic N) is 1. The van der Waals surface area contributed by atoms with E-state index >= 15 is 0 Å². The van der Waals surface area contributed by atoms with Gasteiger partial charge in [-0.2, -0.15) is 0 Å². The highest BCUT2D eigenvalue weighted by Gasteiger charge is 2.16. The van der Waals surface area contributed by atoms with E-state index in [0.29, 0.717) is 5.02 Å². The Labute approximate surface area is 217 Å². The van der Waals surface area contributed by atoms with Gasteiger partial charge in [0.25, 0.3) is 0 Å². The highest BCUT2D eigenvalue weighted by atomic mass is 35.5. The SMILES string of the molecule is Clc1cccc2c1oc1cc(-c3ccc4c5cc6ccccc6cc5n(-c5ccccc5)c4c3)ccc12. The second kappa shape index (κ2) is 7.73. The molecule has 2 nitrogen and oxygen atoms in total. The molecule has 0 saturated heterocycles. The Morgan fingerprint density at radius 3 is 2.05 bits per heavy atom. The Kier molecular flexibility index (Phi) is 4.31. The van der Waals surface area contributed by atoms with Crippen molar-refractivity contribution in [3.05, 3.63) is 126 Å². The Morgan fingerprint density at radius 2 is 1.22 bits per heavy atom. The molecule has 3 heteroatoms. The summed E-state index contributed by atoms with van der Waals surface area (Å²) in [5, 5.41) is 7.74. The number of para-hydroxylation sites is 2. The Hall–Kier alpha value is -4.53. The van der Waals surface area contributed by atoms with E-state index in [9.17, 15) is 0 Å². The fourth-order valence-electron chi connectivity index (χ4n) is 5.68. The average Bonchev–Trinajstić information content (AvgIpc) is 3.47. The lowest BCUT2D eigenvalue weighted by Crippen LogP contribution is -1.93. The number of furan rings is 1. The fraction of sp³-hybridized carbons (Fsp3) is 0. The van der Waals surface area contributed by atoms with Crippen LogP contribution in [0.1, 0.15) is 0 Å². The van der Waals surface area contributed by atoms with E-state index in [1.54, 1.807) is 0 Å². The van der Waals surface area contributed by atoms with E-state index in [-0.39, 0.29) is 0 Å². The lowest BCUT2D eigenvalue weighted by atomic mass is 10.0. The van der Waals surface area contributed by atoms with Gasteiger partial charge in [0.1, 0.15) is 5.58 Å². The molecule has 6 aromatic carbocycles. The minimum Gasteiger partial charge on any atom is -0.454 e. The normalized spacial score (nSPS) is 11.9. The molecule has 0 saturated carbocycles. The lowest BCUT2D eigenvalue weighted by Gasteiger charge is -2.09. The molecule has 37 heavy (non-hydrogen) atoms. The summed E-state index contributed by atoms with van der Waals surface area (Å²) in [5.41, 5.74) is 7.38. The maximum absolute atomic E-state index is 6.41. The molecular weight excluding hydrogens is 474 g/mol. The van der Waals surface area contributed by atoms with Gasteiger partial charge in [-0.15, -0.1) is 0 Å². The van der Waals surface area contributed by atoms with Crippen LogP contribution < -0.4 is 0 Å². The summed E-state index contributed by atoms with van der Waals surface area (Å²) in [5.74, 6) is 0. The van der Waals surface area contributed by atoms with Crippen molar-refractivity contribution in [2.75, 3.05) is 0 Å². The molecule has 0 aliphatic heterocycles. The third-order valence-corrected chi connectivity index (χ3v) is 7.73. The van der Waals surface area contributed by atoms with Gasteiger partial charge in [0.15, 0.2) is 5.58 Å². The van der Waals surface area contributed by atoms with Crippen molar-refractivity contribution in [2.24, 2.45) is 0 Å². The second-order valence-electron chi connectivity index (χ2n) is 9.55. The quantitative estimate of drug-likeness (QED) is 0.234. The molecule has 2 aromatic heterocycles. The first-order chi connectivity index (χ1) is 18.2. The van der Waals surface area contributed by atoms with E-state index in [0.717, 1.165) is 38.8 Å². The van der Waals surface area contributed by atoms with Crippen LogP contribution in [0.25, 0.3) is 71.3 Å². The molecule has 0 fully saturated rings. The van der Waals surface area contributed by atoms with Gasteiger partial charge in [0.05, 0.1) is 16.1 Å². The third kappa shape index (κ3) is 3.06. The fourth-order valence-corrected chi connectivity index (χ4v) is 5.89. The number of hydrogen-bond donors (Lipinski definition) is 0. The number of aromatic nitrogens is 1. The van der Waals surface area contributed by atoms with Crippen LogP contribution in [0.3, 0.4) is 0 Å². The van der Waals surface area contributed by atoms with Gasteiger partial charge in [-0.3, -0.25) is 0 Å². The van der Waals surface area contributed by atoms with Crippen LogP contribution in [0.15, 0.2) is 126 Å². The van der Waals surface area contributed by atoms with E-state index in [2.05, 4.69) is 114 Å². The number of rotatable bonds is 2. The van der Waals surface area contributed by atoms with Gasteiger partial charge in [-0.1, -0.05) is 84.4 Å². The average molecular weight is 494 g/mol. The van der Waals surface area contributed by atoms with E-state index in [4.69, 9.17) is 16.0 Å². The van der Waals surface area contributed by atoms with E-state index < -0.39 is 0 Å². The summed E-state index contributed by atoms with van der Waals surface area (Å²) in [6.45, 7) is 0. The van der Waals surface area contributed by atoms with Gasteiger partial charge >= 0.3 is 0 Å². The smallest absolute Gasteiger partial charge is 0.153 e. The van der Waals surface area contributed by atoms with Crippen LogP contribution in [0.5, 0.6) is 0 Å². The van der Waals surface area contributed by atoms with Crippen molar-refractivity contribution >= 4 is 66.1 Å². The van der Waals surface area contributed by atoms with Gasteiger partial charge in [0, 0.05) is 27.2 Å². The Morgan fingerprint density at radius 1 is 0.514 bits per heavy atom. The molecule has 0 radical (unpaired) electrons. The summed E-state index contributed by atoms with van der Waals surface area (Å²) in [6.07, 6.45) is 0. The zero-order valence-electron chi connectivity index (χ0n) is 19.8. The van der Waals surface area contributed by atoms with Crippen LogP contribution >= 0.6 is 11.6 Å². The highest BCUT2D eigenvalue weighted by molar-refractivity contribution is 6.35. The predicted octanol–water partition coefficient (Wildman–Crippen LogP) is 10.2. The molecule has 2 heterocycles. The summed E-state index contributed by atoms with van der Waals surface area (Å²) >= 11 is 6.41. The number of hydrogen-bond acceptors (Lipinski definition) is 1. The first-order valence-corrected chi connectivity index (χ1v) is 12.8. The summed E-state index contributed by atoms with van der Waals surface area (Å²) < 4.78 is 8.56. The van der Waals surface area contributed by atoms with Gasteiger partial charge in [-0.25, -0.2) is 0 Å². The summed E-state index contributed by atoms with van der Waals surface area (Å²) in [6, 6.07) is 42.9. The standard InChI is InChI=1S/C34H20ClNO/c35-30-12-6-11-28-27-16-14-24(20-33(27)37-34(28)30)23-13-15-26-29-17-21-7-4-5-8-22(21)18-32(29)36(31(26)19-23)25-9-2-1-3-10-25/h1-20H. The van der Waals surface area contributed by atoms with Gasteiger partial charge in [-0.05, 0) is 70.4 Å². The number of halogens is 1. The van der Waals surface area contributed by atoms with Crippen molar-refractivity contribution in [1.82, 2.24) is 4.57 Å². The van der Waals surface area contributed by atoms with Crippen molar-refractivity contribution in [2.45, 2.75) is 0 Å². The largest absolute Gasteiger partial charge is 0.454 e. The van der Waals surface area contributed by atoms with Gasteiger partial charge < -0.3 is 8.98 Å². The van der Waals surface area contributed by atoms with Crippen molar-refractivity contribution in [1.29, 1.82) is 0 Å². The zero-order valence-corrected chi connectivity index (χ0v) is 20.5. The van der Waals surface area contributed by atoms with Crippen molar-refractivity contribution < 1.29 is 4.42 Å². The number of fused-ring (bicyclic) bond motifs is 7. The molecule has 0 bridgehead atoms. The molecule has 0 N–H and O–H groups in total. The molecule has 0 aliphatic rings. The molecule has 8 aromatic rings. The predicted molar refractivity (Wildman–Crippen MR) is 156 cm³/mol. The summed E-state index contributed by atoms with van der Waals surface area (Å²) in [7, 11) is 0. The molecule has 0 amide bonds. The molecule has 174 valence electrons. The lowest BCUT2D eigenvalue weighted by molar-refractivity contribution is 0.669. The molecule has 0 aliphatic carbocycles. The third-order valence-electron chi connectivity index (χ3n) is 7.43. The van der Waals surface area contributed by atoms with E-state index in [1.807, 2.05) is 12.1 Å². The monoisotopic (exact) mass is 493 g/mol. The van der Waals surface area contributed by atoms with E-state index in [1.165, 1.54) is 32.6 Å². The Balaban J connectivity index is 1.41. The first-order valence-electron chi connectivity index (χ1n) is 12.4. The Bertz CT molecular complexity index is 2150. The zero-order chi connectivity index (χ0) is 24.5. The maximum atomic E-state index is 6.41.